The first-order valence-electron chi connectivity index (χ1n) is 5.40. The monoisotopic (exact) mass is 186 g/mol. The molecule has 80 valence electrons. The Morgan fingerprint density at radius 3 is 1.77 bits per heavy atom. The highest BCUT2D eigenvalue weighted by Gasteiger charge is 2.29. The van der Waals surface area contributed by atoms with E-state index >= 15 is 0 Å². The van der Waals surface area contributed by atoms with Crippen LogP contribution in [0.2, 0.25) is 0 Å². The molecule has 0 saturated carbocycles. The van der Waals surface area contributed by atoms with Crippen molar-refractivity contribution in [3.8, 4) is 0 Å². The molecule has 0 amide bonds. The molecule has 2 atom stereocenters. The lowest BCUT2D eigenvalue weighted by atomic mass is 9.72. The first kappa shape index (κ1) is 13.0. The topological polar surface area (TPSA) is 20.2 Å². The zero-order valence-electron chi connectivity index (χ0n) is 10.1. The van der Waals surface area contributed by atoms with Crippen molar-refractivity contribution in [1.82, 2.24) is 0 Å². The molecule has 0 saturated heterocycles. The third-order valence-electron chi connectivity index (χ3n) is 2.84. The molecular formula is C12H26O. The summed E-state index contributed by atoms with van der Waals surface area (Å²) in [6.45, 7) is 13.7. The van der Waals surface area contributed by atoms with E-state index in [1.54, 1.807) is 0 Å². The number of rotatable bonds is 4. The fourth-order valence-electron chi connectivity index (χ4n) is 2.22. The van der Waals surface area contributed by atoms with Crippen molar-refractivity contribution >= 4 is 0 Å². The second-order valence-corrected chi connectivity index (χ2v) is 5.76. The molecule has 0 radical (unpaired) electrons. The van der Waals surface area contributed by atoms with Crippen LogP contribution >= 0.6 is 0 Å². The van der Waals surface area contributed by atoms with Gasteiger partial charge in [0.2, 0.25) is 0 Å². The van der Waals surface area contributed by atoms with Gasteiger partial charge < -0.3 is 5.11 Å². The van der Waals surface area contributed by atoms with E-state index in [9.17, 15) is 5.11 Å². The molecule has 0 rings (SSSR count). The predicted octanol–water partition coefficient (Wildman–Crippen LogP) is 3.32. The Morgan fingerprint density at radius 1 is 1.08 bits per heavy atom. The Balaban J connectivity index is 4.24. The van der Waals surface area contributed by atoms with Crippen molar-refractivity contribution in [2.45, 2.75) is 48.0 Å². The lowest BCUT2D eigenvalue weighted by molar-refractivity contribution is 0.0763. The third kappa shape index (κ3) is 4.66. The lowest BCUT2D eigenvalue weighted by Crippen LogP contribution is -2.30. The van der Waals surface area contributed by atoms with Crippen LogP contribution in [-0.2, 0) is 0 Å². The Labute approximate surface area is 83.5 Å². The first-order chi connectivity index (χ1) is 5.79. The molecule has 0 bridgehead atoms. The molecule has 13 heavy (non-hydrogen) atoms. The fourth-order valence-corrected chi connectivity index (χ4v) is 2.22. The average Bonchev–Trinajstić information content (AvgIpc) is 1.82. The van der Waals surface area contributed by atoms with Crippen molar-refractivity contribution in [2.75, 3.05) is 6.61 Å². The minimum atomic E-state index is 0.225. The molecule has 1 heteroatoms. The summed E-state index contributed by atoms with van der Waals surface area (Å²) in [5.74, 6) is 1.77. The molecule has 0 aromatic carbocycles. The SMILES string of the molecule is CC(C)CC(C)C(CO)C(C)(C)C. The molecule has 0 aliphatic heterocycles. The van der Waals surface area contributed by atoms with Crippen molar-refractivity contribution in [2.24, 2.45) is 23.2 Å². The van der Waals surface area contributed by atoms with Crippen LogP contribution in [0.5, 0.6) is 0 Å². The first-order valence-corrected chi connectivity index (χ1v) is 5.40. The van der Waals surface area contributed by atoms with Gasteiger partial charge in [-0.15, -0.1) is 0 Å². The maximum Gasteiger partial charge on any atom is 0.0466 e. The molecule has 0 aliphatic rings. The second kappa shape index (κ2) is 4.99. The summed E-state index contributed by atoms with van der Waals surface area (Å²) in [4.78, 5) is 0. The van der Waals surface area contributed by atoms with E-state index in [2.05, 4.69) is 41.5 Å². The van der Waals surface area contributed by atoms with Crippen molar-refractivity contribution in [3.63, 3.8) is 0 Å². The van der Waals surface area contributed by atoms with Crippen LogP contribution in [0.3, 0.4) is 0 Å². The Morgan fingerprint density at radius 2 is 1.54 bits per heavy atom. The van der Waals surface area contributed by atoms with Gasteiger partial charge in [0.25, 0.3) is 0 Å². The molecule has 0 aliphatic carbocycles. The highest BCUT2D eigenvalue weighted by atomic mass is 16.3. The van der Waals surface area contributed by atoms with E-state index in [4.69, 9.17) is 0 Å². The maximum atomic E-state index is 9.34. The van der Waals surface area contributed by atoms with E-state index < -0.39 is 0 Å². The summed E-state index contributed by atoms with van der Waals surface area (Å²) < 4.78 is 0. The lowest BCUT2D eigenvalue weighted by Gasteiger charge is -2.34. The number of hydrogen-bond acceptors (Lipinski definition) is 1. The van der Waals surface area contributed by atoms with Crippen LogP contribution in [0.15, 0.2) is 0 Å². The highest BCUT2D eigenvalue weighted by molar-refractivity contribution is 4.78. The van der Waals surface area contributed by atoms with Crippen LogP contribution < -0.4 is 0 Å². The fraction of sp³-hybridized carbons (Fsp3) is 1.00. The Kier molecular flexibility index (Phi) is 4.98. The highest BCUT2D eigenvalue weighted by Crippen LogP contribution is 2.34. The standard InChI is InChI=1S/C12H26O/c1-9(2)7-10(3)11(8-13)12(4,5)6/h9-11,13H,7-8H2,1-6H3. The molecule has 0 aromatic heterocycles. The number of aliphatic hydroxyl groups is 1. The smallest absolute Gasteiger partial charge is 0.0466 e. The Bertz CT molecular complexity index is 133. The minimum absolute atomic E-state index is 0.225. The molecule has 0 heterocycles. The van der Waals surface area contributed by atoms with Crippen LogP contribution in [0.25, 0.3) is 0 Å². The minimum Gasteiger partial charge on any atom is -0.396 e. The van der Waals surface area contributed by atoms with E-state index in [0.717, 1.165) is 5.92 Å². The maximum absolute atomic E-state index is 9.34. The van der Waals surface area contributed by atoms with Crippen LogP contribution in [0.1, 0.15) is 48.0 Å². The Hall–Kier alpha value is -0.0400. The molecule has 0 aromatic rings. The van der Waals surface area contributed by atoms with E-state index in [1.807, 2.05) is 0 Å². The van der Waals surface area contributed by atoms with Gasteiger partial charge in [-0.05, 0) is 29.6 Å². The molecule has 0 spiro atoms. The average molecular weight is 186 g/mol. The van der Waals surface area contributed by atoms with E-state index in [1.165, 1.54) is 6.42 Å². The summed E-state index contributed by atoms with van der Waals surface area (Å²) in [5, 5.41) is 9.34. The van der Waals surface area contributed by atoms with Gasteiger partial charge in [0.1, 0.15) is 0 Å². The number of aliphatic hydroxyl groups excluding tert-OH is 1. The summed E-state index contributed by atoms with van der Waals surface area (Å²) >= 11 is 0. The van der Waals surface area contributed by atoms with Gasteiger partial charge in [-0.25, -0.2) is 0 Å². The normalized spacial score (nSPS) is 17.5. The predicted molar refractivity (Wildman–Crippen MR) is 58.6 cm³/mol. The van der Waals surface area contributed by atoms with Gasteiger partial charge in [0, 0.05) is 6.61 Å². The molecule has 1 nitrogen and oxygen atoms in total. The summed E-state index contributed by atoms with van der Waals surface area (Å²) in [6, 6.07) is 0. The van der Waals surface area contributed by atoms with Gasteiger partial charge in [-0.2, -0.15) is 0 Å². The zero-order valence-corrected chi connectivity index (χ0v) is 10.1. The summed E-state index contributed by atoms with van der Waals surface area (Å²) in [5.41, 5.74) is 0.225. The van der Waals surface area contributed by atoms with Gasteiger partial charge in [-0.1, -0.05) is 41.5 Å². The van der Waals surface area contributed by atoms with Gasteiger partial charge in [0.15, 0.2) is 0 Å². The van der Waals surface area contributed by atoms with Crippen LogP contribution in [0, 0.1) is 23.2 Å². The van der Waals surface area contributed by atoms with E-state index in [-0.39, 0.29) is 5.41 Å². The molecule has 2 unspecified atom stereocenters. The van der Waals surface area contributed by atoms with Gasteiger partial charge >= 0.3 is 0 Å². The number of hydrogen-bond donors (Lipinski definition) is 1. The molecular weight excluding hydrogens is 160 g/mol. The zero-order chi connectivity index (χ0) is 10.6. The molecule has 1 N–H and O–H groups in total. The van der Waals surface area contributed by atoms with Crippen LogP contribution in [-0.4, -0.2) is 11.7 Å². The largest absolute Gasteiger partial charge is 0.396 e. The quantitative estimate of drug-likeness (QED) is 0.714. The second-order valence-electron chi connectivity index (χ2n) is 5.76. The van der Waals surface area contributed by atoms with Crippen molar-refractivity contribution < 1.29 is 5.11 Å². The third-order valence-corrected chi connectivity index (χ3v) is 2.84. The van der Waals surface area contributed by atoms with Gasteiger partial charge in [-0.3, -0.25) is 0 Å². The summed E-state index contributed by atoms with van der Waals surface area (Å²) in [7, 11) is 0. The molecule has 0 fully saturated rings. The van der Waals surface area contributed by atoms with Crippen molar-refractivity contribution in [3.05, 3.63) is 0 Å². The van der Waals surface area contributed by atoms with Gasteiger partial charge in [0.05, 0.1) is 0 Å². The summed E-state index contributed by atoms with van der Waals surface area (Å²) in [6.07, 6.45) is 1.21. The van der Waals surface area contributed by atoms with E-state index in [0.29, 0.717) is 18.4 Å². The van der Waals surface area contributed by atoms with Crippen molar-refractivity contribution in [1.29, 1.82) is 0 Å². The van der Waals surface area contributed by atoms with Crippen LogP contribution in [0.4, 0.5) is 0 Å².